The number of carbonyl (C=O) groups is 5. The molecule has 16 nitrogen and oxygen atoms in total. The molecule has 3 saturated heterocycles. The van der Waals surface area contributed by atoms with E-state index < -0.39 is 35.5 Å². The van der Waals surface area contributed by atoms with Crippen molar-refractivity contribution in [2.75, 3.05) is 43.9 Å². The number of piperidine rings is 1. The number of amides is 5. The summed E-state index contributed by atoms with van der Waals surface area (Å²) in [5, 5.41) is 7.88. The van der Waals surface area contributed by atoms with E-state index in [1.807, 2.05) is 27.8 Å². The molecule has 5 amide bonds. The topological polar surface area (TPSA) is 195 Å². The van der Waals surface area contributed by atoms with E-state index in [2.05, 4.69) is 20.2 Å². The van der Waals surface area contributed by atoms with Crippen molar-refractivity contribution in [1.29, 1.82) is 0 Å². The SMILES string of the molecule is COc1cccc(Oc2ccc(-c3nn(C4CCC(C(=O)N5CC(C6CN(c7ccc8c(c7)C(=O)N(C7CCC(=O)NC7=O)C8=O)C6)C5)CC4)c4ncnc(N)c34)cc2)c1F. The van der Waals surface area contributed by atoms with Crippen LogP contribution >= 0.6 is 0 Å². The van der Waals surface area contributed by atoms with E-state index in [0.29, 0.717) is 40.1 Å². The summed E-state index contributed by atoms with van der Waals surface area (Å²) in [5.74, 6) is -0.853. The van der Waals surface area contributed by atoms with Crippen LogP contribution in [-0.2, 0) is 14.4 Å². The van der Waals surface area contributed by atoms with E-state index in [0.717, 1.165) is 68.0 Å². The Labute approximate surface area is 348 Å². The van der Waals surface area contributed by atoms with Crippen molar-refractivity contribution in [3.63, 3.8) is 0 Å². The minimum Gasteiger partial charge on any atom is -0.494 e. The maximum Gasteiger partial charge on any atom is 0.262 e. The van der Waals surface area contributed by atoms with Crippen LogP contribution in [-0.4, -0.2) is 98.4 Å². The highest BCUT2D eigenvalue weighted by Crippen LogP contribution is 2.41. The highest BCUT2D eigenvalue weighted by molar-refractivity contribution is 6.23. The van der Waals surface area contributed by atoms with Crippen molar-refractivity contribution < 1.29 is 37.8 Å². The Morgan fingerprint density at radius 3 is 2.31 bits per heavy atom. The molecule has 1 aliphatic carbocycles. The molecule has 6 heterocycles. The number of anilines is 2. The van der Waals surface area contributed by atoms with Gasteiger partial charge in [0.15, 0.2) is 17.1 Å². The number of hydrogen-bond acceptors (Lipinski definition) is 12. The van der Waals surface area contributed by atoms with Gasteiger partial charge in [-0.2, -0.15) is 9.49 Å². The van der Waals surface area contributed by atoms with Crippen molar-refractivity contribution in [2.24, 2.45) is 17.8 Å². The maximum atomic E-state index is 14.7. The number of aromatic nitrogens is 4. The molecule has 3 aromatic carbocycles. The third kappa shape index (κ3) is 6.58. The smallest absolute Gasteiger partial charge is 0.262 e. The highest BCUT2D eigenvalue weighted by Gasteiger charge is 2.47. The van der Waals surface area contributed by atoms with Crippen molar-refractivity contribution >= 4 is 52.1 Å². The predicted octanol–water partition coefficient (Wildman–Crippen LogP) is 4.74. The number of rotatable bonds is 9. The number of fused-ring (bicyclic) bond motifs is 2. The normalized spacial score (nSPS) is 21.9. The number of nitrogens with zero attached hydrogens (tertiary/aromatic N) is 7. The first-order valence-electron chi connectivity index (χ1n) is 20.5. The summed E-state index contributed by atoms with van der Waals surface area (Å²) >= 11 is 0. The number of imide groups is 2. The van der Waals surface area contributed by atoms with Gasteiger partial charge in [0.2, 0.25) is 23.5 Å². The van der Waals surface area contributed by atoms with Crippen molar-refractivity contribution in [3.05, 3.63) is 83.9 Å². The van der Waals surface area contributed by atoms with Gasteiger partial charge in [0, 0.05) is 61.6 Å². The summed E-state index contributed by atoms with van der Waals surface area (Å²) in [5.41, 5.74) is 9.79. The molecule has 5 aliphatic rings. The molecule has 0 radical (unpaired) electrons. The molecule has 17 heteroatoms. The molecule has 0 spiro atoms. The standard InChI is InChI=1S/C44H42FN9O7/c1-60-33-3-2-4-34(37(33)45)61-29-12-7-23(8-13-29)38-36-39(46)47-22-48-40(36)54(50-38)27-9-5-24(6-10-27)42(57)52-20-26(21-52)25-18-51(19-25)28-11-14-30-31(17-28)44(59)53(43(30)58)32-15-16-35(55)49-41(32)56/h2-4,7-8,11-14,17,22,24-27,32H,5-6,9-10,15-16,18-21H2,1H3,(H2,46,47,48)(H,49,55,56). The van der Waals surface area contributed by atoms with Gasteiger partial charge in [-0.15, -0.1) is 0 Å². The number of likely N-dealkylation sites (tertiary alicyclic amines) is 1. The fraction of sp³-hybridized carbons (Fsp3) is 0.364. The Hall–Kier alpha value is -6.91. The Morgan fingerprint density at radius 2 is 1.57 bits per heavy atom. The Kier molecular flexibility index (Phi) is 9.40. The Balaban J connectivity index is 0.733. The average molecular weight is 828 g/mol. The van der Waals surface area contributed by atoms with Crippen LogP contribution in [0.15, 0.2) is 67.0 Å². The summed E-state index contributed by atoms with van der Waals surface area (Å²) in [6, 6.07) is 16.1. The first-order chi connectivity index (χ1) is 29.6. The molecule has 2 aromatic heterocycles. The second-order valence-corrected chi connectivity index (χ2v) is 16.5. The summed E-state index contributed by atoms with van der Waals surface area (Å²) < 4.78 is 27.5. The zero-order valence-electron chi connectivity index (χ0n) is 33.3. The molecule has 4 fully saturated rings. The lowest BCUT2D eigenvalue weighted by Crippen LogP contribution is -2.61. The molecule has 61 heavy (non-hydrogen) atoms. The first-order valence-corrected chi connectivity index (χ1v) is 20.5. The lowest BCUT2D eigenvalue weighted by Gasteiger charge is -2.52. The largest absolute Gasteiger partial charge is 0.494 e. The molecular formula is C44H42FN9O7. The van der Waals surface area contributed by atoms with Gasteiger partial charge in [0.1, 0.15) is 29.6 Å². The number of methoxy groups -OCH3 is 1. The molecule has 1 saturated carbocycles. The number of carbonyl (C=O) groups excluding carboxylic acids is 5. The number of hydrogen-bond donors (Lipinski definition) is 2. The molecule has 1 unspecified atom stereocenters. The average Bonchev–Trinajstić information content (AvgIpc) is 3.74. The van der Waals surface area contributed by atoms with Crippen LogP contribution in [0.1, 0.15) is 65.3 Å². The fourth-order valence-corrected chi connectivity index (χ4v) is 9.48. The summed E-state index contributed by atoms with van der Waals surface area (Å²) in [7, 11) is 1.40. The predicted molar refractivity (Wildman–Crippen MR) is 218 cm³/mol. The maximum absolute atomic E-state index is 14.7. The van der Waals surface area contributed by atoms with Gasteiger partial charge >= 0.3 is 0 Å². The third-order valence-corrected chi connectivity index (χ3v) is 13.0. The van der Waals surface area contributed by atoms with Crippen LogP contribution in [0.4, 0.5) is 15.9 Å². The zero-order valence-corrected chi connectivity index (χ0v) is 33.3. The van der Waals surface area contributed by atoms with Crippen molar-refractivity contribution in [3.8, 4) is 28.5 Å². The lowest BCUT2D eigenvalue weighted by molar-refractivity contribution is -0.145. The minimum absolute atomic E-state index is 0.0199. The minimum atomic E-state index is -0.999. The molecular weight excluding hydrogens is 786 g/mol. The third-order valence-electron chi connectivity index (χ3n) is 13.0. The van der Waals surface area contributed by atoms with E-state index in [4.69, 9.17) is 20.3 Å². The van der Waals surface area contributed by atoms with Crippen LogP contribution in [0.25, 0.3) is 22.3 Å². The molecule has 3 N–H and O–H groups in total. The highest BCUT2D eigenvalue weighted by atomic mass is 19.1. The zero-order chi connectivity index (χ0) is 42.1. The van der Waals surface area contributed by atoms with Gasteiger partial charge in [0.25, 0.3) is 11.8 Å². The van der Waals surface area contributed by atoms with Crippen LogP contribution in [0, 0.1) is 23.6 Å². The fourth-order valence-electron chi connectivity index (χ4n) is 9.48. The molecule has 5 aromatic rings. The van der Waals surface area contributed by atoms with Crippen LogP contribution in [0.3, 0.4) is 0 Å². The number of halogens is 1. The van der Waals surface area contributed by atoms with E-state index in [-0.39, 0.29) is 53.3 Å². The number of benzene rings is 3. The number of ether oxygens (including phenoxy) is 2. The van der Waals surface area contributed by atoms with Crippen LogP contribution < -0.4 is 25.4 Å². The quantitative estimate of drug-likeness (QED) is 0.194. The molecule has 4 aliphatic heterocycles. The van der Waals surface area contributed by atoms with E-state index in [1.165, 1.54) is 25.6 Å². The van der Waals surface area contributed by atoms with Crippen molar-refractivity contribution in [2.45, 2.75) is 50.6 Å². The first kappa shape index (κ1) is 38.3. The summed E-state index contributed by atoms with van der Waals surface area (Å²) in [6.45, 7) is 3.00. The van der Waals surface area contributed by atoms with Gasteiger partial charge in [-0.3, -0.25) is 34.2 Å². The van der Waals surface area contributed by atoms with Gasteiger partial charge < -0.3 is 25.0 Å². The Bertz CT molecular complexity index is 2630. The summed E-state index contributed by atoms with van der Waals surface area (Å²) in [6.07, 6.45) is 4.58. The monoisotopic (exact) mass is 827 g/mol. The lowest BCUT2D eigenvalue weighted by atomic mass is 9.78. The van der Waals surface area contributed by atoms with Gasteiger partial charge in [-0.05, 0) is 86.7 Å². The van der Waals surface area contributed by atoms with Crippen molar-refractivity contribution in [1.82, 2.24) is 34.9 Å². The number of nitrogens with two attached hydrogens (primary N) is 1. The van der Waals surface area contributed by atoms with Crippen LogP contribution in [0.2, 0.25) is 0 Å². The second kappa shape index (κ2) is 15.0. The molecule has 0 bridgehead atoms. The van der Waals surface area contributed by atoms with E-state index >= 15 is 0 Å². The van der Waals surface area contributed by atoms with Gasteiger partial charge in [-0.1, -0.05) is 6.07 Å². The second-order valence-electron chi connectivity index (χ2n) is 16.5. The number of nitrogens with one attached hydrogen (secondary N) is 1. The number of nitrogen functional groups attached to an aromatic ring is 1. The molecule has 1 atom stereocenters. The Morgan fingerprint density at radius 1 is 0.852 bits per heavy atom. The summed E-state index contributed by atoms with van der Waals surface area (Å²) in [4.78, 5) is 78.1. The molecule has 312 valence electrons. The van der Waals surface area contributed by atoms with Gasteiger partial charge in [0.05, 0.1) is 29.7 Å². The van der Waals surface area contributed by atoms with Crippen LogP contribution in [0.5, 0.6) is 17.2 Å². The molecule has 10 rings (SSSR count). The van der Waals surface area contributed by atoms with Gasteiger partial charge in [-0.25, -0.2) is 14.6 Å². The van der Waals surface area contributed by atoms with E-state index in [1.54, 1.807) is 30.3 Å². The van der Waals surface area contributed by atoms with E-state index in [9.17, 15) is 28.4 Å².